The van der Waals surface area contributed by atoms with E-state index in [1.807, 2.05) is 4.90 Å². The van der Waals surface area contributed by atoms with E-state index in [-0.39, 0.29) is 62.2 Å². The van der Waals surface area contributed by atoms with E-state index in [1.165, 1.54) is 16.8 Å². The Balaban J connectivity index is 1.47. The third-order valence-electron chi connectivity index (χ3n) is 7.16. The van der Waals surface area contributed by atoms with Gasteiger partial charge in [0.05, 0.1) is 11.9 Å². The van der Waals surface area contributed by atoms with Crippen LogP contribution in [0.4, 0.5) is 17.6 Å². The van der Waals surface area contributed by atoms with Crippen molar-refractivity contribution in [3.63, 3.8) is 0 Å². The summed E-state index contributed by atoms with van der Waals surface area (Å²) in [7, 11) is -2.10. The van der Waals surface area contributed by atoms with Crippen LogP contribution in [0.1, 0.15) is 48.9 Å². The van der Waals surface area contributed by atoms with Crippen LogP contribution in [-0.2, 0) is 17.1 Å². The Labute approximate surface area is 201 Å². The zero-order valence-electron chi connectivity index (χ0n) is 19.4. The van der Waals surface area contributed by atoms with Gasteiger partial charge in [0.2, 0.25) is 5.92 Å². The van der Waals surface area contributed by atoms with E-state index in [0.717, 1.165) is 12.1 Å². The summed E-state index contributed by atoms with van der Waals surface area (Å²) >= 11 is 0. The molecule has 0 radical (unpaired) electrons. The maximum Gasteiger partial charge on any atom is 0.262 e. The number of rotatable bonds is 7. The van der Waals surface area contributed by atoms with Gasteiger partial charge in [0.25, 0.3) is 10.0 Å². The Bertz CT molecular complexity index is 1180. The number of benzene rings is 1. The number of hydrogen-bond acceptors (Lipinski definition) is 5. The molecule has 1 aliphatic carbocycles. The maximum atomic E-state index is 14.1. The van der Waals surface area contributed by atoms with Crippen molar-refractivity contribution in [2.75, 3.05) is 26.2 Å². The Morgan fingerprint density at radius 2 is 1.71 bits per heavy atom. The van der Waals surface area contributed by atoms with Gasteiger partial charge in [-0.05, 0) is 31.4 Å². The van der Waals surface area contributed by atoms with Gasteiger partial charge >= 0.3 is 0 Å². The molecule has 1 aliphatic heterocycles. The molecule has 12 heteroatoms. The van der Waals surface area contributed by atoms with Crippen molar-refractivity contribution in [3.8, 4) is 0 Å². The second-order valence-corrected chi connectivity index (χ2v) is 11.3. The number of carbonyl (C=O) groups is 1. The standard InChI is InChI=1S/C23H28F4N4O3S/c1-29-15-21(28-16-29)35(33,34)31-12-10-30(11-13-31)22(6-8-23(26,27)9-7-22)5-4-20(32)18-3-2-17(24)14-19(18)25/h2-3,14-16H,4-13H2,1H3. The van der Waals surface area contributed by atoms with Gasteiger partial charge in [-0.25, -0.2) is 31.0 Å². The number of sulfonamides is 1. The summed E-state index contributed by atoms with van der Waals surface area (Å²) in [6, 6.07) is 2.75. The minimum absolute atomic E-state index is 0.0487. The maximum absolute atomic E-state index is 14.1. The molecule has 0 N–H and O–H groups in total. The van der Waals surface area contributed by atoms with Crippen LogP contribution in [0, 0.1) is 11.6 Å². The number of aryl methyl sites for hydroxylation is 1. The quantitative estimate of drug-likeness (QED) is 0.415. The molecular weight excluding hydrogens is 488 g/mol. The Kier molecular flexibility index (Phi) is 7.09. The molecular formula is C23H28F4N4O3S. The van der Waals surface area contributed by atoms with Crippen LogP contribution in [0.15, 0.2) is 35.7 Å². The summed E-state index contributed by atoms with van der Waals surface area (Å²) in [4.78, 5) is 18.6. The second kappa shape index (κ2) is 9.62. The Morgan fingerprint density at radius 1 is 1.06 bits per heavy atom. The average molecular weight is 517 g/mol. The van der Waals surface area contributed by atoms with Crippen LogP contribution in [0.5, 0.6) is 0 Å². The summed E-state index contributed by atoms with van der Waals surface area (Å²) in [5, 5.41) is -0.0487. The van der Waals surface area contributed by atoms with Crippen LogP contribution in [0.3, 0.4) is 0 Å². The summed E-state index contributed by atoms with van der Waals surface area (Å²) in [5.41, 5.74) is -0.955. The van der Waals surface area contributed by atoms with Crippen molar-refractivity contribution >= 4 is 15.8 Å². The van der Waals surface area contributed by atoms with E-state index >= 15 is 0 Å². The smallest absolute Gasteiger partial charge is 0.262 e. The highest BCUT2D eigenvalue weighted by atomic mass is 32.2. The summed E-state index contributed by atoms with van der Waals surface area (Å²) < 4.78 is 84.0. The number of carbonyl (C=O) groups excluding carboxylic acids is 1. The topological polar surface area (TPSA) is 75.5 Å². The number of halogens is 4. The van der Waals surface area contributed by atoms with E-state index in [2.05, 4.69) is 4.98 Å². The lowest BCUT2D eigenvalue weighted by atomic mass is 9.74. The lowest BCUT2D eigenvalue weighted by Crippen LogP contribution is -2.59. The summed E-state index contributed by atoms with van der Waals surface area (Å²) in [6.07, 6.45) is 2.59. The highest BCUT2D eigenvalue weighted by Gasteiger charge is 2.47. The number of ketones is 1. The minimum atomic E-state index is -3.78. The van der Waals surface area contributed by atoms with Gasteiger partial charge in [-0.2, -0.15) is 4.31 Å². The minimum Gasteiger partial charge on any atom is -0.339 e. The van der Waals surface area contributed by atoms with Crippen molar-refractivity contribution in [1.82, 2.24) is 18.8 Å². The van der Waals surface area contributed by atoms with Crippen molar-refractivity contribution in [3.05, 3.63) is 47.9 Å². The van der Waals surface area contributed by atoms with Crippen molar-refractivity contribution in [2.24, 2.45) is 7.05 Å². The first-order valence-corrected chi connectivity index (χ1v) is 13.0. The van der Waals surface area contributed by atoms with Gasteiger partial charge in [0, 0.05) is 70.3 Å². The predicted octanol–water partition coefficient (Wildman–Crippen LogP) is 3.62. The zero-order valence-corrected chi connectivity index (χ0v) is 20.2. The van der Waals surface area contributed by atoms with Gasteiger partial charge in [-0.1, -0.05) is 0 Å². The van der Waals surface area contributed by atoms with E-state index in [0.29, 0.717) is 19.2 Å². The number of alkyl halides is 2. The normalized spacial score (nSPS) is 21.2. The van der Waals surface area contributed by atoms with Gasteiger partial charge in [0.15, 0.2) is 10.8 Å². The molecule has 1 aromatic heterocycles. The molecule has 7 nitrogen and oxygen atoms in total. The van der Waals surface area contributed by atoms with Gasteiger partial charge in [-0.15, -0.1) is 0 Å². The van der Waals surface area contributed by atoms with E-state index in [1.54, 1.807) is 11.6 Å². The highest BCUT2D eigenvalue weighted by Crippen LogP contribution is 2.44. The average Bonchev–Trinajstić information content (AvgIpc) is 3.26. The first-order valence-electron chi connectivity index (χ1n) is 11.5. The molecule has 35 heavy (non-hydrogen) atoms. The second-order valence-electron chi connectivity index (χ2n) is 9.40. The molecule has 192 valence electrons. The molecule has 4 rings (SSSR count). The molecule has 1 saturated carbocycles. The molecule has 0 spiro atoms. The number of piperazine rings is 1. The molecule has 1 aromatic carbocycles. The molecule has 2 aliphatic rings. The van der Waals surface area contributed by atoms with Gasteiger partial charge in [-0.3, -0.25) is 9.69 Å². The largest absolute Gasteiger partial charge is 0.339 e. The Morgan fingerprint density at radius 3 is 2.29 bits per heavy atom. The van der Waals surface area contributed by atoms with Crippen LogP contribution < -0.4 is 0 Å². The highest BCUT2D eigenvalue weighted by molar-refractivity contribution is 7.89. The van der Waals surface area contributed by atoms with Crippen molar-refractivity contribution in [2.45, 2.75) is 55.0 Å². The third kappa shape index (κ3) is 5.44. The number of aromatic nitrogens is 2. The van der Waals surface area contributed by atoms with Gasteiger partial charge < -0.3 is 4.57 Å². The zero-order chi connectivity index (χ0) is 25.4. The molecule has 0 unspecified atom stereocenters. The van der Waals surface area contributed by atoms with E-state index in [9.17, 15) is 30.8 Å². The van der Waals surface area contributed by atoms with E-state index < -0.39 is 38.9 Å². The molecule has 1 saturated heterocycles. The van der Waals surface area contributed by atoms with E-state index in [4.69, 9.17) is 0 Å². The summed E-state index contributed by atoms with van der Waals surface area (Å²) in [5.74, 6) is -5.05. The van der Waals surface area contributed by atoms with Crippen LogP contribution >= 0.6 is 0 Å². The molecule has 0 atom stereocenters. The van der Waals surface area contributed by atoms with Crippen LogP contribution in [-0.4, -0.2) is 70.6 Å². The SMILES string of the molecule is Cn1cnc(S(=O)(=O)N2CCN(C3(CCC(=O)c4ccc(F)cc4F)CCC(F)(F)CC3)CC2)c1. The molecule has 0 amide bonds. The first kappa shape index (κ1) is 25.8. The van der Waals surface area contributed by atoms with Crippen LogP contribution in [0.25, 0.3) is 0 Å². The number of nitrogens with zero attached hydrogens (tertiary/aromatic N) is 4. The fourth-order valence-corrected chi connectivity index (χ4v) is 6.45. The molecule has 2 fully saturated rings. The van der Waals surface area contributed by atoms with Crippen molar-refractivity contribution < 1.29 is 30.8 Å². The Hall–Kier alpha value is -2.31. The lowest BCUT2D eigenvalue weighted by Gasteiger charge is -2.50. The summed E-state index contributed by atoms with van der Waals surface area (Å²) in [6.45, 7) is 0.961. The number of Topliss-reactive ketones (excluding diaryl/α,β-unsaturated/α-hetero) is 1. The number of imidazole rings is 1. The first-order chi connectivity index (χ1) is 16.4. The third-order valence-corrected chi connectivity index (χ3v) is 8.94. The molecule has 0 bridgehead atoms. The van der Waals surface area contributed by atoms with Crippen molar-refractivity contribution in [1.29, 1.82) is 0 Å². The fourth-order valence-electron chi connectivity index (χ4n) is 5.06. The number of hydrogen-bond donors (Lipinski definition) is 0. The molecule has 2 aromatic rings. The predicted molar refractivity (Wildman–Crippen MR) is 120 cm³/mol. The van der Waals surface area contributed by atoms with Crippen LogP contribution in [0.2, 0.25) is 0 Å². The lowest BCUT2D eigenvalue weighted by molar-refractivity contribution is -0.0891. The fraction of sp³-hybridized carbons (Fsp3) is 0.565. The molecule has 2 heterocycles. The van der Waals surface area contributed by atoms with Gasteiger partial charge in [0.1, 0.15) is 11.6 Å². The monoisotopic (exact) mass is 516 g/mol.